The zero-order chi connectivity index (χ0) is 20.4. The molecule has 4 rings (SSSR count). The monoisotopic (exact) mass is 420 g/mol. The van der Waals surface area contributed by atoms with Crippen LogP contribution in [0.2, 0.25) is 0 Å². The quantitative estimate of drug-likeness (QED) is 0.395. The SMILES string of the molecule is Cc1ccc(CSc2nc(Oc3ccc4c(c3)OCO4)cc(C(F)(F)F)n2)cc1. The van der Waals surface area contributed by atoms with E-state index in [1.54, 1.807) is 12.1 Å². The van der Waals surface area contributed by atoms with Crippen LogP contribution in [0.25, 0.3) is 0 Å². The fourth-order valence-electron chi connectivity index (χ4n) is 2.56. The molecule has 2 aromatic carbocycles. The molecule has 1 aliphatic heterocycles. The molecule has 0 radical (unpaired) electrons. The lowest BCUT2D eigenvalue weighted by atomic mass is 10.2. The summed E-state index contributed by atoms with van der Waals surface area (Å²) in [6, 6.07) is 13.2. The number of alkyl halides is 3. The lowest BCUT2D eigenvalue weighted by Gasteiger charge is -2.11. The van der Waals surface area contributed by atoms with Gasteiger partial charge in [0.05, 0.1) is 0 Å². The molecule has 9 heteroatoms. The summed E-state index contributed by atoms with van der Waals surface area (Å²) in [7, 11) is 0. The van der Waals surface area contributed by atoms with E-state index in [9.17, 15) is 13.2 Å². The average Bonchev–Trinajstić information content (AvgIpc) is 3.14. The summed E-state index contributed by atoms with van der Waals surface area (Å²) >= 11 is 1.11. The molecule has 5 nitrogen and oxygen atoms in total. The molecule has 0 saturated heterocycles. The van der Waals surface area contributed by atoms with E-state index in [0.717, 1.165) is 29.0 Å². The highest BCUT2D eigenvalue weighted by atomic mass is 32.2. The number of rotatable bonds is 5. The fourth-order valence-corrected chi connectivity index (χ4v) is 3.36. The summed E-state index contributed by atoms with van der Waals surface area (Å²) in [5.74, 6) is 1.53. The van der Waals surface area contributed by atoms with Gasteiger partial charge in [-0.1, -0.05) is 41.6 Å². The molecule has 0 N–H and O–H groups in total. The standard InChI is InChI=1S/C20H15F3N2O3S/c1-12-2-4-13(5-3-12)10-29-19-24-17(20(21,22)23)9-18(25-19)28-14-6-7-15-16(8-14)27-11-26-15/h2-9H,10-11H2,1H3. The van der Waals surface area contributed by atoms with Gasteiger partial charge in [0.2, 0.25) is 12.7 Å². The molecule has 0 fully saturated rings. The van der Waals surface area contributed by atoms with Crippen LogP contribution in [-0.4, -0.2) is 16.8 Å². The molecule has 1 aromatic heterocycles. The van der Waals surface area contributed by atoms with Gasteiger partial charge < -0.3 is 14.2 Å². The third-order valence-electron chi connectivity index (χ3n) is 4.03. The Morgan fingerprint density at radius 2 is 1.76 bits per heavy atom. The maximum atomic E-state index is 13.3. The number of aryl methyl sites for hydroxylation is 1. The molecule has 0 amide bonds. The summed E-state index contributed by atoms with van der Waals surface area (Å²) in [6.07, 6.45) is -4.62. The predicted octanol–water partition coefficient (Wildman–Crippen LogP) is 5.62. The number of ether oxygens (including phenoxy) is 3. The van der Waals surface area contributed by atoms with Gasteiger partial charge in [0, 0.05) is 17.9 Å². The van der Waals surface area contributed by atoms with Crippen LogP contribution >= 0.6 is 11.8 Å². The molecule has 0 atom stereocenters. The van der Waals surface area contributed by atoms with E-state index in [-0.39, 0.29) is 23.6 Å². The second-order valence-corrected chi connectivity index (χ2v) is 7.21. The van der Waals surface area contributed by atoms with Crippen LogP contribution in [0.15, 0.2) is 53.7 Å². The fraction of sp³-hybridized carbons (Fsp3) is 0.200. The number of hydrogen-bond donors (Lipinski definition) is 0. The molecule has 1 aliphatic rings. The van der Waals surface area contributed by atoms with Gasteiger partial charge >= 0.3 is 6.18 Å². The maximum Gasteiger partial charge on any atom is 0.433 e. The van der Waals surface area contributed by atoms with Gasteiger partial charge in [0.15, 0.2) is 22.3 Å². The largest absolute Gasteiger partial charge is 0.454 e. The number of halogens is 3. The Labute approximate surface area is 168 Å². The average molecular weight is 420 g/mol. The minimum Gasteiger partial charge on any atom is -0.454 e. The first kappa shape index (κ1) is 19.4. The lowest BCUT2D eigenvalue weighted by molar-refractivity contribution is -0.141. The van der Waals surface area contributed by atoms with Crippen molar-refractivity contribution in [1.29, 1.82) is 0 Å². The number of hydrogen-bond acceptors (Lipinski definition) is 6. The van der Waals surface area contributed by atoms with Gasteiger partial charge in [-0.15, -0.1) is 0 Å². The Morgan fingerprint density at radius 1 is 1.00 bits per heavy atom. The molecule has 3 aromatic rings. The summed E-state index contributed by atoms with van der Waals surface area (Å²) in [6.45, 7) is 2.05. The molecule has 2 heterocycles. The second kappa shape index (κ2) is 7.82. The van der Waals surface area contributed by atoms with E-state index in [4.69, 9.17) is 14.2 Å². The lowest BCUT2D eigenvalue weighted by Crippen LogP contribution is -2.10. The molecule has 0 saturated carbocycles. The van der Waals surface area contributed by atoms with Crippen LogP contribution in [0.1, 0.15) is 16.8 Å². The summed E-state index contributed by atoms with van der Waals surface area (Å²) in [5.41, 5.74) is 1.00. The summed E-state index contributed by atoms with van der Waals surface area (Å²) in [4.78, 5) is 7.76. The number of aromatic nitrogens is 2. The highest BCUT2D eigenvalue weighted by Crippen LogP contribution is 2.37. The van der Waals surface area contributed by atoms with E-state index in [2.05, 4.69) is 9.97 Å². The van der Waals surface area contributed by atoms with Crippen molar-refractivity contribution in [3.05, 3.63) is 65.4 Å². The van der Waals surface area contributed by atoms with E-state index in [0.29, 0.717) is 17.3 Å². The van der Waals surface area contributed by atoms with Gasteiger partial charge in [-0.2, -0.15) is 18.2 Å². The summed E-state index contributed by atoms with van der Waals surface area (Å²) in [5, 5.41) is -0.0175. The number of fused-ring (bicyclic) bond motifs is 1. The predicted molar refractivity (Wildman–Crippen MR) is 100 cm³/mol. The van der Waals surface area contributed by atoms with Crippen LogP contribution in [0, 0.1) is 6.92 Å². The van der Waals surface area contributed by atoms with Crippen molar-refractivity contribution < 1.29 is 27.4 Å². The first-order valence-electron chi connectivity index (χ1n) is 8.59. The highest BCUT2D eigenvalue weighted by molar-refractivity contribution is 7.98. The maximum absolute atomic E-state index is 13.3. The molecule has 29 heavy (non-hydrogen) atoms. The van der Waals surface area contributed by atoms with Crippen molar-refractivity contribution in [1.82, 2.24) is 9.97 Å². The van der Waals surface area contributed by atoms with Crippen molar-refractivity contribution in [2.45, 2.75) is 24.0 Å². The van der Waals surface area contributed by atoms with Crippen molar-refractivity contribution in [2.24, 2.45) is 0 Å². The Morgan fingerprint density at radius 3 is 2.52 bits per heavy atom. The van der Waals surface area contributed by atoms with Crippen LogP contribution in [0.3, 0.4) is 0 Å². The smallest absolute Gasteiger partial charge is 0.433 e. The Balaban J connectivity index is 1.57. The normalized spacial score (nSPS) is 12.8. The second-order valence-electron chi connectivity index (χ2n) is 6.26. The van der Waals surface area contributed by atoms with E-state index in [1.165, 1.54) is 6.07 Å². The molecule has 0 aliphatic carbocycles. The molecular formula is C20H15F3N2O3S. The molecule has 0 unspecified atom stereocenters. The first-order valence-corrected chi connectivity index (χ1v) is 9.57. The minimum absolute atomic E-state index is 0.0175. The minimum atomic E-state index is -4.62. The molecule has 0 bridgehead atoms. The Bertz CT molecular complexity index is 1030. The number of thioether (sulfide) groups is 1. The Hall–Kier alpha value is -2.94. The van der Waals surface area contributed by atoms with Gasteiger partial charge in [-0.05, 0) is 24.6 Å². The van der Waals surface area contributed by atoms with E-state index < -0.39 is 11.9 Å². The van der Waals surface area contributed by atoms with Crippen molar-refractivity contribution >= 4 is 11.8 Å². The third kappa shape index (κ3) is 4.73. The van der Waals surface area contributed by atoms with E-state index in [1.807, 2.05) is 31.2 Å². The third-order valence-corrected chi connectivity index (χ3v) is 4.95. The van der Waals surface area contributed by atoms with Gasteiger partial charge in [0.25, 0.3) is 0 Å². The summed E-state index contributed by atoms with van der Waals surface area (Å²) < 4.78 is 55.9. The van der Waals surface area contributed by atoms with Gasteiger partial charge in [-0.25, -0.2) is 4.98 Å². The van der Waals surface area contributed by atoms with E-state index >= 15 is 0 Å². The zero-order valence-electron chi connectivity index (χ0n) is 15.2. The van der Waals surface area contributed by atoms with Crippen molar-refractivity contribution in [2.75, 3.05) is 6.79 Å². The van der Waals surface area contributed by atoms with Gasteiger partial charge in [0.1, 0.15) is 5.75 Å². The highest BCUT2D eigenvalue weighted by Gasteiger charge is 2.34. The van der Waals surface area contributed by atoms with Crippen LogP contribution in [0.4, 0.5) is 13.2 Å². The molecular weight excluding hydrogens is 405 g/mol. The van der Waals surface area contributed by atoms with Crippen molar-refractivity contribution in [3.8, 4) is 23.1 Å². The number of nitrogens with zero attached hydrogens (tertiary/aromatic N) is 2. The first-order chi connectivity index (χ1) is 13.9. The van der Waals surface area contributed by atoms with Crippen molar-refractivity contribution in [3.63, 3.8) is 0 Å². The van der Waals surface area contributed by atoms with Crippen LogP contribution < -0.4 is 14.2 Å². The Kier molecular flexibility index (Phi) is 5.23. The molecule has 150 valence electrons. The zero-order valence-corrected chi connectivity index (χ0v) is 16.0. The number of benzene rings is 2. The molecule has 0 spiro atoms. The van der Waals surface area contributed by atoms with Crippen LogP contribution in [-0.2, 0) is 11.9 Å². The topological polar surface area (TPSA) is 53.5 Å². The van der Waals surface area contributed by atoms with Crippen LogP contribution in [0.5, 0.6) is 23.1 Å². The van der Waals surface area contributed by atoms with Gasteiger partial charge in [-0.3, -0.25) is 0 Å².